The summed E-state index contributed by atoms with van der Waals surface area (Å²) >= 11 is 0. The topological polar surface area (TPSA) is 117 Å². The van der Waals surface area contributed by atoms with Gasteiger partial charge in [0.05, 0.1) is 23.8 Å². The Labute approximate surface area is 159 Å². The second kappa shape index (κ2) is 7.75. The van der Waals surface area contributed by atoms with E-state index in [0.29, 0.717) is 23.6 Å². The zero-order valence-electron chi connectivity index (χ0n) is 14.8. The molecule has 0 saturated carbocycles. The van der Waals surface area contributed by atoms with Crippen molar-refractivity contribution in [2.24, 2.45) is 0 Å². The number of anilines is 1. The second-order valence-corrected chi connectivity index (χ2v) is 6.15. The average Bonchev–Trinajstić information content (AvgIpc) is 3.23. The SMILES string of the molecule is O=c1[nH]cc(-c2cc(NCCc3ccccc3)c(-c3ccoc3)nn2)c(=O)[nH]1. The van der Waals surface area contributed by atoms with Gasteiger partial charge in [0.2, 0.25) is 0 Å². The number of benzene rings is 1. The van der Waals surface area contributed by atoms with E-state index in [9.17, 15) is 9.59 Å². The molecular weight excluding hydrogens is 358 g/mol. The molecule has 0 aliphatic heterocycles. The minimum absolute atomic E-state index is 0.233. The molecule has 0 atom stereocenters. The third-order valence-electron chi connectivity index (χ3n) is 4.26. The van der Waals surface area contributed by atoms with E-state index in [2.05, 4.69) is 37.6 Å². The Morgan fingerprint density at radius 2 is 1.93 bits per heavy atom. The normalized spacial score (nSPS) is 10.7. The molecule has 1 aromatic carbocycles. The van der Waals surface area contributed by atoms with E-state index in [4.69, 9.17) is 4.42 Å². The van der Waals surface area contributed by atoms with Crippen LogP contribution in [0.2, 0.25) is 0 Å². The van der Waals surface area contributed by atoms with Crippen LogP contribution in [0.1, 0.15) is 5.56 Å². The molecule has 0 saturated heterocycles. The van der Waals surface area contributed by atoms with Crippen LogP contribution >= 0.6 is 0 Å². The molecular formula is C20H17N5O3. The molecule has 8 nitrogen and oxygen atoms in total. The number of aromatic amines is 2. The van der Waals surface area contributed by atoms with Crippen molar-refractivity contribution in [2.45, 2.75) is 6.42 Å². The van der Waals surface area contributed by atoms with Crippen LogP contribution in [0.25, 0.3) is 22.5 Å². The van der Waals surface area contributed by atoms with Crippen LogP contribution < -0.4 is 16.6 Å². The fourth-order valence-electron chi connectivity index (χ4n) is 2.86. The van der Waals surface area contributed by atoms with E-state index < -0.39 is 11.2 Å². The fraction of sp³-hybridized carbons (Fsp3) is 0.100. The Balaban J connectivity index is 1.66. The van der Waals surface area contributed by atoms with Crippen molar-refractivity contribution >= 4 is 5.69 Å². The zero-order chi connectivity index (χ0) is 19.3. The van der Waals surface area contributed by atoms with Crippen molar-refractivity contribution in [1.29, 1.82) is 0 Å². The fourth-order valence-corrected chi connectivity index (χ4v) is 2.86. The molecule has 8 heteroatoms. The molecule has 0 unspecified atom stereocenters. The van der Waals surface area contributed by atoms with Gasteiger partial charge in [-0.15, -0.1) is 10.2 Å². The van der Waals surface area contributed by atoms with Crippen LogP contribution in [0.15, 0.2) is 75.2 Å². The summed E-state index contributed by atoms with van der Waals surface area (Å²) in [6.07, 6.45) is 5.29. The van der Waals surface area contributed by atoms with Gasteiger partial charge in [-0.1, -0.05) is 30.3 Å². The highest BCUT2D eigenvalue weighted by molar-refractivity contribution is 5.76. The van der Waals surface area contributed by atoms with E-state index in [1.807, 2.05) is 18.2 Å². The quantitative estimate of drug-likeness (QED) is 0.477. The number of rotatable bonds is 6. The summed E-state index contributed by atoms with van der Waals surface area (Å²) in [5, 5.41) is 11.8. The molecule has 140 valence electrons. The summed E-state index contributed by atoms with van der Waals surface area (Å²) in [4.78, 5) is 28.0. The highest BCUT2D eigenvalue weighted by Crippen LogP contribution is 2.28. The molecule has 4 rings (SSSR count). The van der Waals surface area contributed by atoms with Crippen molar-refractivity contribution in [3.63, 3.8) is 0 Å². The molecule has 3 heterocycles. The third-order valence-corrected chi connectivity index (χ3v) is 4.26. The Morgan fingerprint density at radius 3 is 2.68 bits per heavy atom. The maximum Gasteiger partial charge on any atom is 0.325 e. The van der Waals surface area contributed by atoms with Gasteiger partial charge in [0.15, 0.2) is 0 Å². The minimum Gasteiger partial charge on any atom is -0.472 e. The molecule has 0 amide bonds. The lowest BCUT2D eigenvalue weighted by Gasteiger charge is -2.11. The Hall–Kier alpha value is -3.94. The number of H-pyrrole nitrogens is 2. The van der Waals surface area contributed by atoms with E-state index in [1.165, 1.54) is 11.8 Å². The molecule has 4 aromatic rings. The predicted molar refractivity (Wildman–Crippen MR) is 105 cm³/mol. The lowest BCUT2D eigenvalue weighted by Crippen LogP contribution is -2.23. The summed E-state index contributed by atoms with van der Waals surface area (Å²) in [5.74, 6) is 0. The smallest absolute Gasteiger partial charge is 0.325 e. The summed E-state index contributed by atoms with van der Waals surface area (Å²) in [7, 11) is 0. The van der Waals surface area contributed by atoms with Crippen LogP contribution in [0.4, 0.5) is 5.69 Å². The first-order valence-corrected chi connectivity index (χ1v) is 8.71. The lowest BCUT2D eigenvalue weighted by atomic mass is 10.1. The molecule has 3 aromatic heterocycles. The van der Waals surface area contributed by atoms with Crippen molar-refractivity contribution in [3.8, 4) is 22.5 Å². The molecule has 28 heavy (non-hydrogen) atoms. The Morgan fingerprint density at radius 1 is 1.07 bits per heavy atom. The third kappa shape index (κ3) is 3.75. The monoisotopic (exact) mass is 375 g/mol. The van der Waals surface area contributed by atoms with Gasteiger partial charge < -0.3 is 14.7 Å². The number of furan rings is 1. The minimum atomic E-state index is -0.571. The number of hydrogen-bond acceptors (Lipinski definition) is 6. The summed E-state index contributed by atoms with van der Waals surface area (Å²) in [6, 6.07) is 13.6. The van der Waals surface area contributed by atoms with Gasteiger partial charge in [0, 0.05) is 18.3 Å². The second-order valence-electron chi connectivity index (χ2n) is 6.15. The van der Waals surface area contributed by atoms with E-state index in [1.54, 1.807) is 24.7 Å². The summed E-state index contributed by atoms with van der Waals surface area (Å²) in [5.41, 5.74) is 2.81. The van der Waals surface area contributed by atoms with Gasteiger partial charge >= 0.3 is 5.69 Å². The summed E-state index contributed by atoms with van der Waals surface area (Å²) in [6.45, 7) is 0.669. The number of nitrogens with zero attached hydrogens (tertiary/aromatic N) is 2. The number of hydrogen-bond donors (Lipinski definition) is 3. The van der Waals surface area contributed by atoms with Crippen LogP contribution in [0, 0.1) is 0 Å². The first-order chi connectivity index (χ1) is 13.7. The molecule has 0 spiro atoms. The first-order valence-electron chi connectivity index (χ1n) is 8.71. The van der Waals surface area contributed by atoms with Crippen molar-refractivity contribution in [1.82, 2.24) is 20.2 Å². The van der Waals surface area contributed by atoms with E-state index >= 15 is 0 Å². The molecule has 0 aliphatic carbocycles. The molecule has 0 aliphatic rings. The van der Waals surface area contributed by atoms with Crippen LogP contribution in [0.5, 0.6) is 0 Å². The maximum absolute atomic E-state index is 12.1. The lowest BCUT2D eigenvalue weighted by molar-refractivity contribution is 0.568. The highest BCUT2D eigenvalue weighted by Gasteiger charge is 2.14. The van der Waals surface area contributed by atoms with Crippen LogP contribution in [0.3, 0.4) is 0 Å². The first kappa shape index (κ1) is 17.5. The maximum atomic E-state index is 12.1. The standard InChI is InChI=1S/C20H17N5O3/c26-19-15(11-22-20(27)23-19)16-10-17(18(25-24-16)14-7-9-28-12-14)21-8-6-13-4-2-1-3-5-13/h1-5,7,9-12H,6,8H2,(H,21,24)(H2,22,23,26,27). The largest absolute Gasteiger partial charge is 0.472 e. The molecule has 0 radical (unpaired) electrons. The van der Waals surface area contributed by atoms with Gasteiger partial charge in [-0.05, 0) is 24.1 Å². The predicted octanol–water partition coefficient (Wildman–Crippen LogP) is 2.43. The van der Waals surface area contributed by atoms with Crippen LogP contribution in [-0.2, 0) is 6.42 Å². The van der Waals surface area contributed by atoms with Gasteiger partial charge in [-0.25, -0.2) is 4.79 Å². The van der Waals surface area contributed by atoms with Gasteiger partial charge in [-0.3, -0.25) is 9.78 Å². The van der Waals surface area contributed by atoms with Gasteiger partial charge in [-0.2, -0.15) is 0 Å². The van der Waals surface area contributed by atoms with Crippen molar-refractivity contribution in [2.75, 3.05) is 11.9 Å². The molecule has 0 fully saturated rings. The molecule has 0 bridgehead atoms. The molecule has 3 N–H and O–H groups in total. The van der Waals surface area contributed by atoms with E-state index in [-0.39, 0.29) is 5.56 Å². The van der Waals surface area contributed by atoms with Gasteiger partial charge in [0.1, 0.15) is 11.4 Å². The van der Waals surface area contributed by atoms with Gasteiger partial charge in [0.25, 0.3) is 5.56 Å². The zero-order valence-corrected chi connectivity index (χ0v) is 14.8. The highest BCUT2D eigenvalue weighted by atomic mass is 16.3. The average molecular weight is 375 g/mol. The number of nitrogens with one attached hydrogen (secondary N) is 3. The summed E-state index contributed by atoms with van der Waals surface area (Å²) < 4.78 is 5.15. The Kier molecular flexibility index (Phi) is 4.83. The number of aromatic nitrogens is 4. The van der Waals surface area contributed by atoms with Crippen LogP contribution in [-0.4, -0.2) is 26.7 Å². The van der Waals surface area contributed by atoms with Crippen molar-refractivity contribution in [3.05, 3.63) is 87.6 Å². The van der Waals surface area contributed by atoms with E-state index in [0.717, 1.165) is 12.0 Å². The van der Waals surface area contributed by atoms with Crippen molar-refractivity contribution < 1.29 is 4.42 Å². The Bertz CT molecular complexity index is 1180.